The van der Waals surface area contributed by atoms with Crippen molar-refractivity contribution in [3.8, 4) is 0 Å². The number of benzene rings is 1. The van der Waals surface area contributed by atoms with E-state index in [-0.39, 0.29) is 5.75 Å². The van der Waals surface area contributed by atoms with E-state index in [1.807, 2.05) is 38.1 Å². The lowest BCUT2D eigenvalue weighted by molar-refractivity contribution is 0.579. The molecule has 0 unspecified atom stereocenters. The summed E-state index contributed by atoms with van der Waals surface area (Å²) >= 11 is 0. The van der Waals surface area contributed by atoms with Crippen molar-refractivity contribution in [2.75, 3.05) is 28.5 Å². The van der Waals surface area contributed by atoms with Crippen LogP contribution in [0.1, 0.15) is 13.8 Å². The van der Waals surface area contributed by atoms with Gasteiger partial charge in [0, 0.05) is 13.1 Å². The number of rotatable bonds is 2. The fourth-order valence-electron chi connectivity index (χ4n) is 1.96. The molecule has 0 aliphatic carbocycles. The molecule has 0 atom stereocenters. The first-order valence-corrected chi connectivity index (χ1v) is 7.45. The van der Waals surface area contributed by atoms with Crippen molar-refractivity contribution in [2.24, 2.45) is 5.92 Å². The number of nitrogens with zero attached hydrogens (tertiary/aromatic N) is 1. The molecule has 1 aliphatic rings. The van der Waals surface area contributed by atoms with E-state index in [4.69, 9.17) is 0 Å². The monoisotopic (exact) mass is 254 g/mol. The van der Waals surface area contributed by atoms with Crippen LogP contribution in [0.4, 0.5) is 11.4 Å². The minimum absolute atomic E-state index is 0.147. The van der Waals surface area contributed by atoms with Crippen molar-refractivity contribution in [2.45, 2.75) is 13.8 Å². The molecule has 0 amide bonds. The van der Waals surface area contributed by atoms with Crippen LogP contribution >= 0.6 is 0 Å². The maximum atomic E-state index is 12.2. The normalized spacial score (nSPS) is 18.4. The predicted octanol–water partition coefficient (Wildman–Crippen LogP) is 1.90. The summed E-state index contributed by atoms with van der Waals surface area (Å²) in [5, 5.41) is 3.16. The zero-order valence-corrected chi connectivity index (χ0v) is 11.0. The van der Waals surface area contributed by atoms with Gasteiger partial charge in [0.15, 0.2) is 0 Å². The fourth-order valence-corrected chi connectivity index (χ4v) is 3.52. The van der Waals surface area contributed by atoms with Gasteiger partial charge in [-0.15, -0.1) is 0 Å². The summed E-state index contributed by atoms with van der Waals surface area (Å²) in [6.07, 6.45) is 0. The molecule has 1 aliphatic heterocycles. The highest BCUT2D eigenvalue weighted by Gasteiger charge is 2.27. The van der Waals surface area contributed by atoms with Crippen LogP contribution in [0.15, 0.2) is 24.3 Å². The zero-order chi connectivity index (χ0) is 12.5. The van der Waals surface area contributed by atoms with Gasteiger partial charge in [0.05, 0.1) is 17.1 Å². The SMILES string of the molecule is CC(C)CN1c2ccccc2NCCS1(=O)=O. The molecule has 0 spiro atoms. The molecule has 17 heavy (non-hydrogen) atoms. The Balaban J connectivity index is 2.48. The van der Waals surface area contributed by atoms with Gasteiger partial charge in [-0.3, -0.25) is 4.31 Å². The van der Waals surface area contributed by atoms with Crippen LogP contribution in [-0.2, 0) is 10.0 Å². The summed E-state index contributed by atoms with van der Waals surface area (Å²) in [5.41, 5.74) is 1.66. The Labute approximate surface area is 103 Å². The highest BCUT2D eigenvalue weighted by molar-refractivity contribution is 7.92. The Morgan fingerprint density at radius 3 is 2.76 bits per heavy atom. The van der Waals surface area contributed by atoms with Gasteiger partial charge in [-0.05, 0) is 18.1 Å². The smallest absolute Gasteiger partial charge is 0.236 e. The molecule has 0 saturated heterocycles. The Morgan fingerprint density at radius 2 is 2.06 bits per heavy atom. The second kappa shape index (κ2) is 4.56. The first-order valence-electron chi connectivity index (χ1n) is 5.84. The van der Waals surface area contributed by atoms with Crippen LogP contribution in [0.3, 0.4) is 0 Å². The molecule has 1 aromatic rings. The first kappa shape index (κ1) is 12.2. The third-order valence-corrected chi connectivity index (χ3v) is 4.45. The maximum Gasteiger partial charge on any atom is 0.236 e. The molecule has 4 nitrogen and oxygen atoms in total. The summed E-state index contributed by atoms with van der Waals surface area (Å²) in [4.78, 5) is 0. The van der Waals surface area contributed by atoms with E-state index in [0.29, 0.717) is 19.0 Å². The van der Waals surface area contributed by atoms with E-state index < -0.39 is 10.0 Å². The van der Waals surface area contributed by atoms with Crippen LogP contribution < -0.4 is 9.62 Å². The molecule has 0 fully saturated rings. The summed E-state index contributed by atoms with van der Waals surface area (Å²) in [6.45, 7) is 5.04. The van der Waals surface area contributed by atoms with Crippen molar-refractivity contribution >= 4 is 21.4 Å². The molecule has 0 bridgehead atoms. The standard InChI is InChI=1S/C12H18N2O2S/c1-10(2)9-14-12-6-4-3-5-11(12)13-7-8-17(14,15)16/h3-6,10,13H,7-9H2,1-2H3. The highest BCUT2D eigenvalue weighted by atomic mass is 32.2. The Bertz CT molecular complexity index is 497. The van der Waals surface area contributed by atoms with Gasteiger partial charge in [0.1, 0.15) is 0 Å². The van der Waals surface area contributed by atoms with Gasteiger partial charge < -0.3 is 5.32 Å². The molecule has 2 rings (SSSR count). The number of hydrogen-bond donors (Lipinski definition) is 1. The average molecular weight is 254 g/mol. The molecule has 0 radical (unpaired) electrons. The highest BCUT2D eigenvalue weighted by Crippen LogP contribution is 2.30. The summed E-state index contributed by atoms with van der Waals surface area (Å²) in [7, 11) is -3.20. The van der Waals surface area contributed by atoms with Gasteiger partial charge in [-0.25, -0.2) is 8.42 Å². The quantitative estimate of drug-likeness (QED) is 0.877. The lowest BCUT2D eigenvalue weighted by Gasteiger charge is -2.25. The Hall–Kier alpha value is -1.23. The minimum atomic E-state index is -3.20. The molecule has 0 aromatic heterocycles. The average Bonchev–Trinajstić information content (AvgIpc) is 2.37. The van der Waals surface area contributed by atoms with E-state index >= 15 is 0 Å². The van der Waals surface area contributed by atoms with Gasteiger partial charge in [-0.2, -0.15) is 0 Å². The fraction of sp³-hybridized carbons (Fsp3) is 0.500. The second-order valence-corrected chi connectivity index (χ2v) is 6.70. The van der Waals surface area contributed by atoms with Gasteiger partial charge in [-0.1, -0.05) is 26.0 Å². The molecular formula is C12H18N2O2S. The van der Waals surface area contributed by atoms with Crippen LogP contribution in [-0.4, -0.2) is 27.3 Å². The van der Waals surface area contributed by atoms with Crippen LogP contribution in [0.2, 0.25) is 0 Å². The Morgan fingerprint density at radius 1 is 1.35 bits per heavy atom. The van der Waals surface area contributed by atoms with Crippen molar-refractivity contribution in [1.29, 1.82) is 0 Å². The van der Waals surface area contributed by atoms with Gasteiger partial charge in [0.2, 0.25) is 10.0 Å². The number of fused-ring (bicyclic) bond motifs is 1. The summed E-state index contributed by atoms with van der Waals surface area (Å²) in [5.74, 6) is 0.449. The number of nitrogens with one attached hydrogen (secondary N) is 1. The van der Waals surface area contributed by atoms with Crippen LogP contribution in [0, 0.1) is 5.92 Å². The number of hydrogen-bond acceptors (Lipinski definition) is 3. The Kier molecular flexibility index (Phi) is 3.28. The third kappa shape index (κ3) is 2.54. The van der Waals surface area contributed by atoms with Crippen molar-refractivity contribution < 1.29 is 8.42 Å². The third-order valence-electron chi connectivity index (χ3n) is 2.71. The zero-order valence-electron chi connectivity index (χ0n) is 10.2. The lowest BCUT2D eigenvalue weighted by atomic mass is 10.2. The van der Waals surface area contributed by atoms with E-state index in [1.54, 1.807) is 0 Å². The summed E-state index contributed by atoms with van der Waals surface area (Å²) in [6, 6.07) is 7.56. The molecular weight excluding hydrogens is 236 g/mol. The minimum Gasteiger partial charge on any atom is -0.382 e. The van der Waals surface area contributed by atoms with Crippen molar-refractivity contribution in [3.05, 3.63) is 24.3 Å². The maximum absolute atomic E-state index is 12.2. The molecule has 1 aromatic carbocycles. The topological polar surface area (TPSA) is 49.4 Å². The largest absolute Gasteiger partial charge is 0.382 e. The van der Waals surface area contributed by atoms with Crippen LogP contribution in [0.25, 0.3) is 0 Å². The van der Waals surface area contributed by atoms with Gasteiger partial charge in [0.25, 0.3) is 0 Å². The molecule has 0 saturated carbocycles. The van der Waals surface area contributed by atoms with E-state index in [9.17, 15) is 8.42 Å². The molecule has 5 heteroatoms. The summed E-state index contributed by atoms with van der Waals surface area (Å²) < 4.78 is 25.9. The number of anilines is 2. The van der Waals surface area contributed by atoms with Gasteiger partial charge >= 0.3 is 0 Å². The number of para-hydroxylation sites is 2. The molecule has 94 valence electrons. The number of sulfonamides is 1. The van der Waals surface area contributed by atoms with Crippen molar-refractivity contribution in [3.63, 3.8) is 0 Å². The van der Waals surface area contributed by atoms with E-state index in [2.05, 4.69) is 5.32 Å². The van der Waals surface area contributed by atoms with Crippen LogP contribution in [0.5, 0.6) is 0 Å². The predicted molar refractivity (Wildman–Crippen MR) is 70.9 cm³/mol. The second-order valence-electron chi connectivity index (χ2n) is 4.68. The molecule has 1 heterocycles. The van der Waals surface area contributed by atoms with E-state index in [0.717, 1.165) is 11.4 Å². The van der Waals surface area contributed by atoms with E-state index in [1.165, 1.54) is 4.31 Å². The first-order chi connectivity index (χ1) is 8.00. The lowest BCUT2D eigenvalue weighted by Crippen LogP contribution is -2.35. The van der Waals surface area contributed by atoms with Crippen molar-refractivity contribution in [1.82, 2.24) is 0 Å². The molecule has 1 N–H and O–H groups in total.